The normalized spacial score (nSPS) is 21.5. The first-order valence-electron chi connectivity index (χ1n) is 3.37. The van der Waals surface area contributed by atoms with Crippen LogP contribution in [-0.4, -0.2) is 19.0 Å². The molecule has 0 bridgehead atoms. The quantitative estimate of drug-likeness (QED) is 0.195. The molecule has 8 nitrogen and oxygen atoms in total. The largest absolute Gasteiger partial charge is 0.642 e. The molecule has 0 aliphatic heterocycles. The van der Waals surface area contributed by atoms with Crippen LogP contribution in [0.15, 0.2) is 0 Å². The second-order valence-corrected chi connectivity index (χ2v) is 2.35. The molecule has 0 aromatic rings. The van der Waals surface area contributed by atoms with E-state index in [2.05, 4.69) is 0 Å². The SMILES string of the molecule is CC(OCC(N)[NH+](N)[O-])[NH+]([NH-])[O-]. The van der Waals surface area contributed by atoms with Gasteiger partial charge in [0.25, 0.3) is 0 Å². The van der Waals surface area contributed by atoms with Crippen molar-refractivity contribution in [1.82, 2.24) is 0 Å². The lowest BCUT2D eigenvalue weighted by Gasteiger charge is -2.32. The Labute approximate surface area is 69.9 Å². The summed E-state index contributed by atoms with van der Waals surface area (Å²) in [4.78, 5) is 0. The van der Waals surface area contributed by atoms with Gasteiger partial charge in [-0.3, -0.25) is 10.9 Å². The third kappa shape index (κ3) is 4.54. The average molecular weight is 180 g/mol. The van der Waals surface area contributed by atoms with Gasteiger partial charge < -0.3 is 26.2 Å². The minimum atomic E-state index is -0.924. The van der Waals surface area contributed by atoms with Gasteiger partial charge in [0.2, 0.25) is 0 Å². The summed E-state index contributed by atoms with van der Waals surface area (Å²) < 4.78 is 4.76. The van der Waals surface area contributed by atoms with Crippen molar-refractivity contribution in [3.05, 3.63) is 16.3 Å². The summed E-state index contributed by atoms with van der Waals surface area (Å²) in [5.74, 6) is 11.4. The van der Waals surface area contributed by atoms with Gasteiger partial charge in [0, 0.05) is 6.92 Å². The summed E-state index contributed by atoms with van der Waals surface area (Å²) in [7, 11) is 0. The van der Waals surface area contributed by atoms with Crippen LogP contribution in [0.4, 0.5) is 0 Å². The number of hydrogen-bond acceptors (Lipinski definition) is 5. The Kier molecular flexibility index (Phi) is 5.20. The fourth-order valence-corrected chi connectivity index (χ4v) is 0.406. The second kappa shape index (κ2) is 5.35. The smallest absolute Gasteiger partial charge is 0.180 e. The zero-order valence-electron chi connectivity index (χ0n) is 6.74. The van der Waals surface area contributed by atoms with E-state index in [0.717, 1.165) is 0 Å². The van der Waals surface area contributed by atoms with Gasteiger partial charge in [0.05, 0.1) is 0 Å². The Hall–Kier alpha value is -0.320. The van der Waals surface area contributed by atoms with E-state index in [9.17, 15) is 10.4 Å². The van der Waals surface area contributed by atoms with E-state index < -0.39 is 22.7 Å². The first-order valence-corrected chi connectivity index (χ1v) is 3.37. The number of nitrogens with two attached hydrogens (primary N) is 2. The fourth-order valence-electron chi connectivity index (χ4n) is 0.406. The van der Waals surface area contributed by atoms with Gasteiger partial charge in [-0.1, -0.05) is 0 Å². The predicted molar refractivity (Wildman–Crippen MR) is 40.6 cm³/mol. The maximum absolute atomic E-state index is 10.4. The molecule has 12 heavy (non-hydrogen) atoms. The molecule has 74 valence electrons. The highest BCUT2D eigenvalue weighted by molar-refractivity contribution is 4.41. The van der Waals surface area contributed by atoms with Crippen molar-refractivity contribution in [2.24, 2.45) is 11.6 Å². The second-order valence-electron chi connectivity index (χ2n) is 2.35. The van der Waals surface area contributed by atoms with Crippen LogP contribution in [0.3, 0.4) is 0 Å². The maximum Gasteiger partial charge on any atom is 0.180 e. The number of nitrogens with one attached hydrogen (secondary N) is 3. The Morgan fingerprint density at radius 1 is 1.58 bits per heavy atom. The molecular formula is C4H14N5O3-. The molecule has 0 spiro atoms. The van der Waals surface area contributed by atoms with E-state index in [1.807, 2.05) is 0 Å². The Morgan fingerprint density at radius 3 is 2.42 bits per heavy atom. The summed E-state index contributed by atoms with van der Waals surface area (Å²) in [5.41, 5.74) is 5.19. The van der Waals surface area contributed by atoms with Crippen LogP contribution >= 0.6 is 0 Å². The van der Waals surface area contributed by atoms with Crippen LogP contribution in [0, 0.1) is 10.4 Å². The van der Waals surface area contributed by atoms with Crippen LogP contribution in [0.1, 0.15) is 6.92 Å². The van der Waals surface area contributed by atoms with Crippen LogP contribution in [0.5, 0.6) is 0 Å². The zero-order chi connectivity index (χ0) is 9.72. The van der Waals surface area contributed by atoms with E-state index in [4.69, 9.17) is 22.2 Å². The lowest BCUT2D eigenvalue weighted by Crippen LogP contribution is -3.19. The Morgan fingerprint density at radius 2 is 2.08 bits per heavy atom. The average Bonchev–Trinajstić information content (AvgIpc) is 1.98. The Bertz CT molecular complexity index is 107. The van der Waals surface area contributed by atoms with E-state index in [1.165, 1.54) is 6.92 Å². The van der Waals surface area contributed by atoms with Crippen molar-refractivity contribution >= 4 is 0 Å². The molecule has 0 saturated heterocycles. The molecule has 0 saturated carbocycles. The minimum absolute atomic E-state index is 0.138. The van der Waals surface area contributed by atoms with Gasteiger partial charge in [0.15, 0.2) is 12.4 Å². The predicted octanol–water partition coefficient (Wildman–Crippen LogP) is -3.76. The van der Waals surface area contributed by atoms with Crippen molar-refractivity contribution in [3.63, 3.8) is 0 Å². The highest BCUT2D eigenvalue weighted by Crippen LogP contribution is 1.79. The van der Waals surface area contributed by atoms with Crippen LogP contribution in [0.25, 0.3) is 5.84 Å². The molecule has 7 N–H and O–H groups in total. The molecule has 0 aromatic heterocycles. The number of hydrogen-bond donors (Lipinski definition) is 4. The number of hydroxylamine groups is 2. The highest BCUT2D eigenvalue weighted by Gasteiger charge is 2.10. The first kappa shape index (κ1) is 11.7. The molecule has 0 aliphatic carbocycles. The van der Waals surface area contributed by atoms with Gasteiger partial charge in [-0.25, -0.2) is 0 Å². The zero-order valence-corrected chi connectivity index (χ0v) is 6.74. The standard InChI is InChI=1S/C4H14N5O3/c1-3(8(6)10)12-2-4(5)9(7)11/h3-4,6,8-9H,2,5,7H2,1H3/q-1. The molecule has 0 amide bonds. The minimum Gasteiger partial charge on any atom is -0.642 e. The van der Waals surface area contributed by atoms with Gasteiger partial charge in [-0.2, -0.15) is 5.84 Å². The van der Waals surface area contributed by atoms with Crippen LogP contribution in [-0.2, 0) is 4.74 Å². The molecular weight excluding hydrogens is 166 g/mol. The van der Waals surface area contributed by atoms with Gasteiger partial charge in [-0.05, 0) is 0 Å². The number of ether oxygens (including phenoxy) is 1. The van der Waals surface area contributed by atoms with Crippen molar-refractivity contribution in [3.8, 4) is 0 Å². The number of rotatable bonds is 5. The van der Waals surface area contributed by atoms with E-state index >= 15 is 0 Å². The van der Waals surface area contributed by atoms with Crippen LogP contribution < -0.4 is 21.9 Å². The maximum atomic E-state index is 10.4. The molecule has 0 aliphatic rings. The molecule has 0 radical (unpaired) electrons. The van der Waals surface area contributed by atoms with Gasteiger partial charge in [-0.15, -0.1) is 0 Å². The summed E-state index contributed by atoms with van der Waals surface area (Å²) in [5, 5.41) is 19.1. The molecule has 0 rings (SSSR count). The Balaban J connectivity index is 3.54. The molecule has 0 heterocycles. The van der Waals surface area contributed by atoms with E-state index in [1.54, 1.807) is 0 Å². The molecule has 0 fully saturated rings. The van der Waals surface area contributed by atoms with Crippen molar-refractivity contribution in [2.75, 3.05) is 6.61 Å². The number of quaternary nitrogens is 2. The summed E-state index contributed by atoms with van der Waals surface area (Å²) >= 11 is 0. The summed E-state index contributed by atoms with van der Waals surface area (Å²) in [6, 6.07) is 0. The molecule has 4 unspecified atom stereocenters. The van der Waals surface area contributed by atoms with Crippen LogP contribution in [0.2, 0.25) is 0 Å². The van der Waals surface area contributed by atoms with Gasteiger partial charge in [0.1, 0.15) is 6.61 Å². The summed E-state index contributed by atoms with van der Waals surface area (Å²) in [6.07, 6.45) is -1.79. The van der Waals surface area contributed by atoms with Gasteiger partial charge >= 0.3 is 0 Å². The summed E-state index contributed by atoms with van der Waals surface area (Å²) in [6.45, 7) is 1.27. The van der Waals surface area contributed by atoms with Crippen molar-refractivity contribution in [2.45, 2.75) is 19.3 Å². The fraction of sp³-hybridized carbons (Fsp3) is 1.00. The lowest BCUT2D eigenvalue weighted by atomic mass is 10.5. The van der Waals surface area contributed by atoms with E-state index in [-0.39, 0.29) is 6.61 Å². The third-order valence-electron chi connectivity index (χ3n) is 1.26. The monoisotopic (exact) mass is 180 g/mol. The van der Waals surface area contributed by atoms with Crippen molar-refractivity contribution < 1.29 is 15.1 Å². The first-order chi connectivity index (χ1) is 5.45. The highest BCUT2D eigenvalue weighted by atomic mass is 16.6. The van der Waals surface area contributed by atoms with Crippen molar-refractivity contribution in [1.29, 1.82) is 0 Å². The third-order valence-corrected chi connectivity index (χ3v) is 1.26. The molecule has 8 heteroatoms. The lowest BCUT2D eigenvalue weighted by molar-refractivity contribution is -0.893. The topological polar surface area (TPSA) is 140 Å². The molecule has 0 aromatic carbocycles. The van der Waals surface area contributed by atoms with E-state index in [0.29, 0.717) is 0 Å². The molecule has 4 atom stereocenters.